The highest BCUT2D eigenvalue weighted by atomic mass is 35.5. The molecule has 1 aromatic heterocycles. The van der Waals surface area contributed by atoms with E-state index in [1.54, 1.807) is 24.3 Å². The molecule has 0 radical (unpaired) electrons. The van der Waals surface area contributed by atoms with Crippen LogP contribution in [0.2, 0.25) is 5.02 Å². The van der Waals surface area contributed by atoms with Crippen LogP contribution < -0.4 is 0 Å². The normalized spacial score (nSPS) is 12.0. The predicted octanol–water partition coefficient (Wildman–Crippen LogP) is 6.24. The first-order chi connectivity index (χ1) is 11.9. The Kier molecular flexibility index (Phi) is 4.68. The molecule has 2 nitrogen and oxygen atoms in total. The third-order valence-electron chi connectivity index (χ3n) is 3.63. The maximum absolute atomic E-state index is 13.0. The first-order valence-electron chi connectivity index (χ1n) is 7.55. The lowest BCUT2D eigenvalue weighted by Crippen LogP contribution is -2.07. The van der Waals surface area contributed by atoms with Crippen LogP contribution in [0.15, 0.2) is 60.7 Å². The van der Waals surface area contributed by atoms with Gasteiger partial charge in [-0.15, -0.1) is 0 Å². The fourth-order valence-corrected chi connectivity index (χ4v) is 2.59. The van der Waals surface area contributed by atoms with E-state index in [1.165, 1.54) is 10.7 Å². The third-order valence-corrected chi connectivity index (χ3v) is 3.88. The van der Waals surface area contributed by atoms with Crippen LogP contribution in [0.1, 0.15) is 18.2 Å². The number of hydrogen-bond acceptors (Lipinski definition) is 1. The van der Waals surface area contributed by atoms with E-state index < -0.39 is 11.7 Å². The highest BCUT2D eigenvalue weighted by Crippen LogP contribution is 2.31. The summed E-state index contributed by atoms with van der Waals surface area (Å²) in [4.78, 5) is 0. The van der Waals surface area contributed by atoms with Gasteiger partial charge in [0, 0.05) is 10.6 Å². The van der Waals surface area contributed by atoms with Gasteiger partial charge in [-0.2, -0.15) is 18.3 Å². The molecule has 25 heavy (non-hydrogen) atoms. The summed E-state index contributed by atoms with van der Waals surface area (Å²) in [6.07, 6.45) is -0.789. The minimum Gasteiger partial charge on any atom is -0.233 e. The number of benzene rings is 2. The van der Waals surface area contributed by atoms with Crippen molar-refractivity contribution < 1.29 is 13.2 Å². The monoisotopic (exact) mass is 362 g/mol. The second-order valence-electron chi connectivity index (χ2n) is 5.42. The van der Waals surface area contributed by atoms with Crippen LogP contribution in [0.3, 0.4) is 0 Å². The summed E-state index contributed by atoms with van der Waals surface area (Å²) in [5, 5.41) is 5.08. The maximum Gasteiger partial charge on any atom is 0.416 e. The Labute approximate surface area is 148 Å². The zero-order valence-corrected chi connectivity index (χ0v) is 14.0. The first-order valence-corrected chi connectivity index (χ1v) is 7.92. The molecular weight excluding hydrogens is 349 g/mol. The zero-order chi connectivity index (χ0) is 18.0. The first kappa shape index (κ1) is 17.3. The summed E-state index contributed by atoms with van der Waals surface area (Å²) < 4.78 is 40.5. The van der Waals surface area contributed by atoms with Gasteiger partial charge in [-0.3, -0.25) is 0 Å². The highest BCUT2D eigenvalue weighted by Gasteiger charge is 2.30. The van der Waals surface area contributed by atoms with Gasteiger partial charge in [-0.25, -0.2) is 4.68 Å². The Morgan fingerprint density at radius 3 is 2.40 bits per heavy atom. The van der Waals surface area contributed by atoms with Gasteiger partial charge >= 0.3 is 6.18 Å². The molecular formula is C19H14ClF3N2. The SMILES string of the molecule is C/C=C/c1cc(-c2ccc(Cl)cc2)nn1-c1cccc(C(F)(F)F)c1. The third kappa shape index (κ3) is 3.77. The predicted molar refractivity (Wildman–Crippen MR) is 93.7 cm³/mol. The lowest BCUT2D eigenvalue weighted by Gasteiger charge is -2.10. The standard InChI is InChI=1S/C19H14ClF3N2/c1-2-4-16-12-18(13-7-9-15(20)10-8-13)24-25(16)17-6-3-5-14(11-17)19(21,22)23/h2-12H,1H3/b4-2+. The van der Waals surface area contributed by atoms with Gasteiger partial charge in [0.25, 0.3) is 0 Å². The molecule has 0 atom stereocenters. The smallest absolute Gasteiger partial charge is 0.233 e. The quantitative estimate of drug-likeness (QED) is 0.539. The molecule has 6 heteroatoms. The van der Waals surface area contributed by atoms with Crippen molar-refractivity contribution in [2.45, 2.75) is 13.1 Å². The van der Waals surface area contributed by atoms with Crippen molar-refractivity contribution in [1.82, 2.24) is 9.78 Å². The Balaban J connectivity index is 2.11. The van der Waals surface area contributed by atoms with Gasteiger partial charge in [0.2, 0.25) is 0 Å². The van der Waals surface area contributed by atoms with E-state index in [-0.39, 0.29) is 0 Å². The Morgan fingerprint density at radius 1 is 1.04 bits per heavy atom. The Hall–Kier alpha value is -2.53. The van der Waals surface area contributed by atoms with E-state index in [1.807, 2.05) is 31.2 Å². The lowest BCUT2D eigenvalue weighted by atomic mass is 10.1. The van der Waals surface area contributed by atoms with Crippen molar-refractivity contribution in [3.8, 4) is 16.9 Å². The minimum absolute atomic E-state index is 0.350. The van der Waals surface area contributed by atoms with E-state index in [2.05, 4.69) is 5.10 Å². The van der Waals surface area contributed by atoms with Gasteiger partial charge in [-0.05, 0) is 49.4 Å². The Morgan fingerprint density at radius 2 is 1.76 bits per heavy atom. The van der Waals surface area contributed by atoms with Crippen molar-refractivity contribution in [1.29, 1.82) is 0 Å². The fourth-order valence-electron chi connectivity index (χ4n) is 2.47. The van der Waals surface area contributed by atoms with E-state index in [0.29, 0.717) is 22.1 Å². The molecule has 0 saturated heterocycles. The molecule has 0 aliphatic rings. The summed E-state index contributed by atoms with van der Waals surface area (Å²) >= 11 is 5.90. The lowest BCUT2D eigenvalue weighted by molar-refractivity contribution is -0.137. The summed E-state index contributed by atoms with van der Waals surface area (Å²) in [6.45, 7) is 1.84. The molecule has 0 fully saturated rings. The summed E-state index contributed by atoms with van der Waals surface area (Å²) in [6, 6.07) is 14.1. The average molecular weight is 363 g/mol. The van der Waals surface area contributed by atoms with Crippen LogP contribution in [0.25, 0.3) is 23.0 Å². The highest BCUT2D eigenvalue weighted by molar-refractivity contribution is 6.30. The number of rotatable bonds is 3. The fraction of sp³-hybridized carbons (Fsp3) is 0.105. The van der Waals surface area contributed by atoms with Crippen LogP contribution in [0.4, 0.5) is 13.2 Å². The second-order valence-corrected chi connectivity index (χ2v) is 5.86. The molecule has 128 valence electrons. The molecule has 0 aliphatic carbocycles. The summed E-state index contributed by atoms with van der Waals surface area (Å²) in [7, 11) is 0. The van der Waals surface area contributed by atoms with Gasteiger partial charge in [0.15, 0.2) is 0 Å². The number of hydrogen-bond donors (Lipinski definition) is 0. The van der Waals surface area contributed by atoms with Gasteiger partial charge in [0.05, 0.1) is 22.6 Å². The molecule has 0 bridgehead atoms. The van der Waals surface area contributed by atoms with Gasteiger partial charge in [-0.1, -0.05) is 35.9 Å². The molecule has 3 aromatic rings. The van der Waals surface area contributed by atoms with Gasteiger partial charge in [0.1, 0.15) is 0 Å². The summed E-state index contributed by atoms with van der Waals surface area (Å²) in [5.74, 6) is 0. The molecule has 3 rings (SSSR count). The van der Waals surface area contributed by atoms with Crippen LogP contribution in [-0.4, -0.2) is 9.78 Å². The number of alkyl halides is 3. The largest absolute Gasteiger partial charge is 0.416 e. The van der Waals surface area contributed by atoms with Gasteiger partial charge < -0.3 is 0 Å². The average Bonchev–Trinajstić information content (AvgIpc) is 2.99. The van der Waals surface area contributed by atoms with Crippen LogP contribution in [0, 0.1) is 0 Å². The molecule has 0 amide bonds. The number of nitrogens with zero attached hydrogens (tertiary/aromatic N) is 2. The molecule has 0 aliphatic heterocycles. The van der Waals surface area contributed by atoms with Crippen molar-refractivity contribution in [2.75, 3.05) is 0 Å². The molecule has 0 saturated carbocycles. The molecule has 0 N–H and O–H groups in total. The number of allylic oxidation sites excluding steroid dienone is 1. The van der Waals surface area contributed by atoms with Crippen molar-refractivity contribution in [3.05, 3.63) is 77.0 Å². The van der Waals surface area contributed by atoms with Crippen LogP contribution in [-0.2, 0) is 6.18 Å². The van der Waals surface area contributed by atoms with Crippen LogP contribution in [0.5, 0.6) is 0 Å². The maximum atomic E-state index is 13.0. The van der Waals surface area contributed by atoms with Crippen molar-refractivity contribution in [2.24, 2.45) is 0 Å². The number of aromatic nitrogens is 2. The molecule has 0 spiro atoms. The zero-order valence-electron chi connectivity index (χ0n) is 13.3. The topological polar surface area (TPSA) is 17.8 Å². The van der Waals surface area contributed by atoms with E-state index in [0.717, 1.165) is 17.7 Å². The number of halogens is 4. The minimum atomic E-state index is -4.40. The van der Waals surface area contributed by atoms with E-state index in [4.69, 9.17) is 11.6 Å². The van der Waals surface area contributed by atoms with Crippen molar-refractivity contribution in [3.63, 3.8) is 0 Å². The van der Waals surface area contributed by atoms with E-state index in [9.17, 15) is 13.2 Å². The molecule has 2 aromatic carbocycles. The Bertz CT molecular complexity index is 909. The second kappa shape index (κ2) is 6.76. The molecule has 1 heterocycles. The van der Waals surface area contributed by atoms with Crippen molar-refractivity contribution >= 4 is 17.7 Å². The van der Waals surface area contributed by atoms with E-state index >= 15 is 0 Å². The van der Waals surface area contributed by atoms with Crippen LogP contribution >= 0.6 is 11.6 Å². The molecule has 0 unspecified atom stereocenters. The summed E-state index contributed by atoms with van der Waals surface area (Å²) in [5.41, 5.74) is 1.82.